The van der Waals surface area contributed by atoms with Gasteiger partial charge in [0.15, 0.2) is 5.96 Å². The monoisotopic (exact) mass is 500 g/mol. The summed E-state index contributed by atoms with van der Waals surface area (Å²) < 4.78 is 16.1. The lowest BCUT2D eigenvalue weighted by Gasteiger charge is -2.34. The van der Waals surface area contributed by atoms with Crippen LogP contribution in [0.5, 0.6) is 0 Å². The molecular formula is C19H41IN4O3. The van der Waals surface area contributed by atoms with E-state index in [1.165, 1.54) is 0 Å². The molecule has 0 bridgehead atoms. The van der Waals surface area contributed by atoms with E-state index in [0.29, 0.717) is 6.10 Å². The molecule has 0 radical (unpaired) electrons. The molecule has 1 rings (SSSR count). The number of nitrogens with zero attached hydrogens (tertiary/aromatic N) is 3. The molecule has 0 spiro atoms. The van der Waals surface area contributed by atoms with Crippen LogP contribution < -0.4 is 5.32 Å². The van der Waals surface area contributed by atoms with Crippen molar-refractivity contribution in [2.75, 3.05) is 80.4 Å². The maximum Gasteiger partial charge on any atom is 0.193 e. The van der Waals surface area contributed by atoms with E-state index in [4.69, 9.17) is 19.2 Å². The number of hydrogen-bond donors (Lipinski definition) is 1. The van der Waals surface area contributed by atoms with Crippen LogP contribution in [-0.2, 0) is 14.2 Å². The summed E-state index contributed by atoms with van der Waals surface area (Å²) in [6.45, 7) is 10.3. The number of nitrogens with one attached hydrogen (secondary N) is 1. The fraction of sp³-hybridized carbons (Fsp3) is 0.947. The van der Waals surface area contributed by atoms with Crippen molar-refractivity contribution in [1.82, 2.24) is 15.1 Å². The number of hydrogen-bond acceptors (Lipinski definition) is 5. The number of rotatable bonds is 13. The van der Waals surface area contributed by atoms with Crippen molar-refractivity contribution in [2.45, 2.75) is 38.7 Å². The summed E-state index contributed by atoms with van der Waals surface area (Å²) in [5, 5.41) is 3.43. The Balaban J connectivity index is 0.00000676. The average molecular weight is 500 g/mol. The summed E-state index contributed by atoms with van der Waals surface area (Å²) >= 11 is 0. The van der Waals surface area contributed by atoms with Gasteiger partial charge in [-0.25, -0.2) is 0 Å². The van der Waals surface area contributed by atoms with E-state index in [1.54, 1.807) is 14.2 Å². The average Bonchev–Trinajstić information content (AvgIpc) is 2.66. The van der Waals surface area contributed by atoms with Crippen LogP contribution in [0.1, 0.15) is 32.6 Å². The number of likely N-dealkylation sites (tertiary alicyclic amines) is 1. The van der Waals surface area contributed by atoms with Crippen LogP contribution in [0.2, 0.25) is 0 Å². The lowest BCUT2D eigenvalue weighted by atomic mass is 10.1. The topological polar surface area (TPSA) is 58.6 Å². The first-order valence-electron chi connectivity index (χ1n) is 10.0. The number of halogens is 1. The molecule has 8 heteroatoms. The first kappa shape index (κ1) is 26.8. The third-order valence-corrected chi connectivity index (χ3v) is 4.56. The molecule has 162 valence electrons. The summed E-state index contributed by atoms with van der Waals surface area (Å²) in [5.41, 5.74) is 0. The number of piperidine rings is 1. The van der Waals surface area contributed by atoms with Gasteiger partial charge in [0.25, 0.3) is 0 Å². The Labute approximate surface area is 183 Å². The second-order valence-corrected chi connectivity index (χ2v) is 6.79. The van der Waals surface area contributed by atoms with Crippen LogP contribution >= 0.6 is 24.0 Å². The van der Waals surface area contributed by atoms with Gasteiger partial charge >= 0.3 is 0 Å². The van der Waals surface area contributed by atoms with E-state index in [0.717, 1.165) is 90.7 Å². The molecule has 1 fully saturated rings. The van der Waals surface area contributed by atoms with Gasteiger partial charge in [-0.05, 0) is 46.2 Å². The first-order chi connectivity index (χ1) is 12.7. The summed E-state index contributed by atoms with van der Waals surface area (Å²) in [4.78, 5) is 9.48. The van der Waals surface area contributed by atoms with Gasteiger partial charge in [0, 0.05) is 60.2 Å². The van der Waals surface area contributed by atoms with Crippen molar-refractivity contribution < 1.29 is 14.2 Å². The van der Waals surface area contributed by atoms with Crippen LogP contribution in [0.25, 0.3) is 0 Å². The fourth-order valence-corrected chi connectivity index (χ4v) is 3.00. The largest absolute Gasteiger partial charge is 0.385 e. The van der Waals surface area contributed by atoms with Crippen LogP contribution in [-0.4, -0.2) is 102 Å². The molecule has 1 aliphatic heterocycles. The highest BCUT2D eigenvalue weighted by atomic mass is 127. The number of aliphatic imine (C=N–C) groups is 1. The molecule has 0 aromatic heterocycles. The SMILES string of the molecule is CCNC(=NCCCN(C)CCOC)N1CCC(OCCCOC)CC1.I. The van der Waals surface area contributed by atoms with Crippen molar-refractivity contribution in [3.05, 3.63) is 0 Å². The minimum atomic E-state index is 0. The van der Waals surface area contributed by atoms with E-state index < -0.39 is 0 Å². The first-order valence-corrected chi connectivity index (χ1v) is 10.0. The smallest absolute Gasteiger partial charge is 0.193 e. The van der Waals surface area contributed by atoms with Gasteiger partial charge in [-0.3, -0.25) is 4.99 Å². The van der Waals surface area contributed by atoms with Crippen LogP contribution in [0.4, 0.5) is 0 Å². The molecule has 0 aliphatic carbocycles. The molecule has 0 aromatic rings. The van der Waals surface area contributed by atoms with Crippen molar-refractivity contribution in [3.63, 3.8) is 0 Å². The zero-order valence-electron chi connectivity index (χ0n) is 17.7. The van der Waals surface area contributed by atoms with Gasteiger partial charge in [-0.15, -0.1) is 24.0 Å². The highest BCUT2D eigenvalue weighted by Gasteiger charge is 2.21. The number of ether oxygens (including phenoxy) is 3. The maximum absolute atomic E-state index is 5.95. The predicted molar refractivity (Wildman–Crippen MR) is 122 cm³/mol. The third kappa shape index (κ3) is 12.8. The molecule has 0 unspecified atom stereocenters. The van der Waals surface area contributed by atoms with Crippen LogP contribution in [0.15, 0.2) is 4.99 Å². The molecule has 0 aromatic carbocycles. The van der Waals surface area contributed by atoms with Gasteiger partial charge < -0.3 is 29.3 Å². The third-order valence-electron chi connectivity index (χ3n) is 4.56. The Morgan fingerprint density at radius 2 is 1.78 bits per heavy atom. The number of methoxy groups -OCH3 is 2. The Hall–Kier alpha value is -0.160. The van der Waals surface area contributed by atoms with E-state index >= 15 is 0 Å². The Morgan fingerprint density at radius 1 is 1.07 bits per heavy atom. The summed E-state index contributed by atoms with van der Waals surface area (Å²) in [5.74, 6) is 1.05. The Kier molecular flexibility index (Phi) is 17.8. The van der Waals surface area contributed by atoms with E-state index in [2.05, 4.69) is 29.1 Å². The van der Waals surface area contributed by atoms with Crippen molar-refractivity contribution >= 4 is 29.9 Å². The van der Waals surface area contributed by atoms with Gasteiger partial charge in [-0.1, -0.05) is 0 Å². The Bertz CT molecular complexity index is 367. The standard InChI is InChI=1S/C19H40N4O3.HI/c1-5-20-19(21-10-6-11-22(2)14-17-25-4)23-12-8-18(9-13-23)26-16-7-15-24-3;/h18H,5-17H2,1-4H3,(H,20,21);1H. The molecule has 0 saturated carbocycles. The molecule has 1 aliphatic rings. The molecule has 27 heavy (non-hydrogen) atoms. The van der Waals surface area contributed by atoms with Gasteiger partial charge in [-0.2, -0.15) is 0 Å². The fourth-order valence-electron chi connectivity index (χ4n) is 3.00. The number of likely N-dealkylation sites (N-methyl/N-ethyl adjacent to an activating group) is 1. The lowest BCUT2D eigenvalue weighted by molar-refractivity contribution is 0.00990. The maximum atomic E-state index is 5.95. The summed E-state index contributed by atoms with van der Waals surface area (Å²) in [6.07, 6.45) is 4.54. The molecule has 0 atom stereocenters. The van der Waals surface area contributed by atoms with Gasteiger partial charge in [0.1, 0.15) is 0 Å². The zero-order chi connectivity index (χ0) is 19.0. The summed E-state index contributed by atoms with van der Waals surface area (Å²) in [7, 11) is 5.61. The minimum absolute atomic E-state index is 0. The molecule has 1 N–H and O–H groups in total. The van der Waals surface area contributed by atoms with E-state index in [-0.39, 0.29) is 24.0 Å². The van der Waals surface area contributed by atoms with Crippen LogP contribution in [0, 0.1) is 0 Å². The zero-order valence-corrected chi connectivity index (χ0v) is 20.1. The predicted octanol–water partition coefficient (Wildman–Crippen LogP) is 2.06. The number of guanidine groups is 1. The highest BCUT2D eigenvalue weighted by Crippen LogP contribution is 2.14. The van der Waals surface area contributed by atoms with Crippen LogP contribution in [0.3, 0.4) is 0 Å². The van der Waals surface area contributed by atoms with Gasteiger partial charge in [0.2, 0.25) is 0 Å². The Morgan fingerprint density at radius 3 is 2.41 bits per heavy atom. The molecule has 1 heterocycles. The lowest BCUT2D eigenvalue weighted by Crippen LogP contribution is -2.47. The van der Waals surface area contributed by atoms with E-state index in [1.807, 2.05) is 0 Å². The van der Waals surface area contributed by atoms with Crippen molar-refractivity contribution in [2.24, 2.45) is 4.99 Å². The van der Waals surface area contributed by atoms with Crippen molar-refractivity contribution in [3.8, 4) is 0 Å². The minimum Gasteiger partial charge on any atom is -0.385 e. The normalized spacial score (nSPS) is 15.9. The molecule has 1 saturated heterocycles. The molecular weight excluding hydrogens is 459 g/mol. The van der Waals surface area contributed by atoms with E-state index in [9.17, 15) is 0 Å². The van der Waals surface area contributed by atoms with Gasteiger partial charge in [0.05, 0.1) is 12.7 Å². The second kappa shape index (κ2) is 17.9. The quantitative estimate of drug-likeness (QED) is 0.181. The summed E-state index contributed by atoms with van der Waals surface area (Å²) in [6, 6.07) is 0. The molecule has 7 nitrogen and oxygen atoms in total. The molecule has 0 amide bonds. The second-order valence-electron chi connectivity index (χ2n) is 6.79. The van der Waals surface area contributed by atoms with Crippen molar-refractivity contribution in [1.29, 1.82) is 0 Å². The highest BCUT2D eigenvalue weighted by molar-refractivity contribution is 14.0.